The molecule has 3 rings (SSSR count). The largest absolute Gasteiger partial charge is 0.322 e. The molecule has 1 aromatic carbocycles. The van der Waals surface area contributed by atoms with Crippen LogP contribution in [0.2, 0.25) is 0 Å². The van der Waals surface area contributed by atoms with E-state index in [0.717, 1.165) is 21.7 Å². The number of nitrogens with one attached hydrogen (secondary N) is 1. The topological polar surface area (TPSA) is 63.5 Å². The lowest BCUT2D eigenvalue weighted by Gasteiger charge is -2.07. The van der Waals surface area contributed by atoms with Crippen LogP contribution in [0, 0.1) is 27.7 Å². The first-order chi connectivity index (χ1) is 10.9. The molecule has 118 valence electrons. The van der Waals surface area contributed by atoms with Crippen LogP contribution >= 0.6 is 11.3 Å². The van der Waals surface area contributed by atoms with Gasteiger partial charge in [-0.1, -0.05) is 6.07 Å². The van der Waals surface area contributed by atoms with Crippen molar-refractivity contribution in [3.63, 3.8) is 0 Å². The first-order valence-corrected chi connectivity index (χ1v) is 8.06. The van der Waals surface area contributed by atoms with Crippen molar-refractivity contribution in [2.75, 3.05) is 5.32 Å². The van der Waals surface area contributed by atoms with E-state index in [-0.39, 0.29) is 11.1 Å². The predicted molar refractivity (Wildman–Crippen MR) is 92.7 cm³/mol. The number of carbonyl (C=O) groups excluding carboxylic acids is 1. The number of anilines is 1. The van der Waals surface area contributed by atoms with E-state index in [9.17, 15) is 9.59 Å². The van der Waals surface area contributed by atoms with Gasteiger partial charge in [0.15, 0.2) is 4.96 Å². The highest BCUT2D eigenvalue weighted by atomic mass is 32.1. The van der Waals surface area contributed by atoms with Crippen LogP contribution in [0.25, 0.3) is 4.96 Å². The van der Waals surface area contributed by atoms with Crippen LogP contribution in [0.4, 0.5) is 5.69 Å². The van der Waals surface area contributed by atoms with Gasteiger partial charge in [0, 0.05) is 22.5 Å². The zero-order valence-corrected chi connectivity index (χ0v) is 14.2. The predicted octanol–water partition coefficient (Wildman–Crippen LogP) is 3.24. The van der Waals surface area contributed by atoms with Crippen LogP contribution < -0.4 is 10.9 Å². The first-order valence-electron chi connectivity index (χ1n) is 7.25. The fourth-order valence-corrected chi connectivity index (χ4v) is 3.28. The van der Waals surface area contributed by atoms with Crippen LogP contribution in [-0.2, 0) is 0 Å². The van der Waals surface area contributed by atoms with Gasteiger partial charge in [0.25, 0.3) is 11.5 Å². The fraction of sp³-hybridized carbons (Fsp3) is 0.235. The lowest BCUT2D eigenvalue weighted by molar-refractivity contribution is 0.102. The number of thiazole rings is 1. The third-order valence-corrected chi connectivity index (χ3v) is 5.10. The summed E-state index contributed by atoms with van der Waals surface area (Å²) in [6.07, 6.45) is 1.35. The monoisotopic (exact) mass is 327 g/mol. The van der Waals surface area contributed by atoms with Crippen molar-refractivity contribution < 1.29 is 4.79 Å². The number of nitrogens with zero attached hydrogens (tertiary/aromatic N) is 2. The Morgan fingerprint density at radius 2 is 1.91 bits per heavy atom. The van der Waals surface area contributed by atoms with Crippen molar-refractivity contribution in [2.24, 2.45) is 0 Å². The van der Waals surface area contributed by atoms with Crippen molar-refractivity contribution in [3.8, 4) is 0 Å². The van der Waals surface area contributed by atoms with Crippen molar-refractivity contribution in [2.45, 2.75) is 27.7 Å². The van der Waals surface area contributed by atoms with Gasteiger partial charge in [0.2, 0.25) is 0 Å². The molecule has 0 fully saturated rings. The molecule has 1 amide bonds. The average molecular weight is 327 g/mol. The molecule has 0 spiro atoms. The number of carbonyl (C=O) groups is 1. The van der Waals surface area contributed by atoms with Crippen molar-refractivity contribution in [3.05, 3.63) is 62.0 Å². The molecule has 23 heavy (non-hydrogen) atoms. The van der Waals surface area contributed by atoms with E-state index in [0.29, 0.717) is 10.6 Å². The Morgan fingerprint density at radius 3 is 2.61 bits per heavy atom. The Kier molecular flexibility index (Phi) is 3.77. The fourth-order valence-electron chi connectivity index (χ4n) is 2.35. The minimum Gasteiger partial charge on any atom is -0.322 e. The zero-order chi connectivity index (χ0) is 16.7. The Hall–Kier alpha value is -2.47. The highest BCUT2D eigenvalue weighted by Crippen LogP contribution is 2.19. The molecule has 0 saturated carbocycles. The van der Waals surface area contributed by atoms with Crippen LogP contribution in [0.5, 0.6) is 0 Å². The summed E-state index contributed by atoms with van der Waals surface area (Å²) in [6, 6.07) is 5.65. The molecule has 0 unspecified atom stereocenters. The second-order valence-corrected chi connectivity index (χ2v) is 6.77. The lowest BCUT2D eigenvalue weighted by atomic mass is 10.1. The van der Waals surface area contributed by atoms with Gasteiger partial charge in [-0.3, -0.25) is 14.0 Å². The number of aromatic nitrogens is 2. The van der Waals surface area contributed by atoms with Crippen molar-refractivity contribution in [1.82, 2.24) is 9.38 Å². The standard InChI is InChI=1S/C17H17N3O2S/c1-9-5-6-13(7-10(9)2)19-15(21)14-8-18-17-20(16(14)22)11(3)12(4)23-17/h5-8H,1-4H3,(H,19,21). The molecule has 0 saturated heterocycles. The van der Waals surface area contributed by atoms with E-state index >= 15 is 0 Å². The smallest absolute Gasteiger partial charge is 0.271 e. The maximum absolute atomic E-state index is 12.6. The summed E-state index contributed by atoms with van der Waals surface area (Å²) in [5, 5.41) is 2.77. The quantitative estimate of drug-likeness (QED) is 0.786. The highest BCUT2D eigenvalue weighted by molar-refractivity contribution is 7.17. The van der Waals surface area contributed by atoms with E-state index in [1.54, 1.807) is 0 Å². The van der Waals surface area contributed by atoms with Gasteiger partial charge >= 0.3 is 0 Å². The summed E-state index contributed by atoms with van der Waals surface area (Å²) in [4.78, 5) is 30.9. The molecule has 6 heteroatoms. The molecular weight excluding hydrogens is 310 g/mol. The van der Waals surface area contributed by atoms with Crippen LogP contribution in [0.3, 0.4) is 0 Å². The van der Waals surface area contributed by atoms with E-state index in [1.165, 1.54) is 21.9 Å². The minimum absolute atomic E-state index is 0.0432. The summed E-state index contributed by atoms with van der Waals surface area (Å²) in [7, 11) is 0. The number of hydrogen-bond acceptors (Lipinski definition) is 4. The molecule has 0 bridgehead atoms. The van der Waals surface area contributed by atoms with E-state index < -0.39 is 5.91 Å². The summed E-state index contributed by atoms with van der Waals surface area (Å²) < 4.78 is 1.50. The van der Waals surface area contributed by atoms with Gasteiger partial charge in [0.1, 0.15) is 5.56 Å². The lowest BCUT2D eigenvalue weighted by Crippen LogP contribution is -2.26. The molecule has 0 aliphatic rings. The Labute approximate surface area is 137 Å². The summed E-state index contributed by atoms with van der Waals surface area (Å²) in [5.74, 6) is -0.441. The number of fused-ring (bicyclic) bond motifs is 1. The van der Waals surface area contributed by atoms with E-state index in [4.69, 9.17) is 0 Å². The highest BCUT2D eigenvalue weighted by Gasteiger charge is 2.16. The molecule has 1 N–H and O–H groups in total. The van der Waals surface area contributed by atoms with Crippen molar-refractivity contribution in [1.29, 1.82) is 0 Å². The molecule has 0 aliphatic heterocycles. The molecule has 2 heterocycles. The van der Waals surface area contributed by atoms with Gasteiger partial charge in [-0.05, 0) is 51.0 Å². The molecule has 2 aromatic heterocycles. The molecule has 3 aromatic rings. The number of hydrogen-bond donors (Lipinski definition) is 1. The number of rotatable bonds is 2. The molecule has 0 radical (unpaired) electrons. The van der Waals surface area contributed by atoms with Crippen LogP contribution in [0.1, 0.15) is 32.1 Å². The van der Waals surface area contributed by atoms with Crippen LogP contribution in [0.15, 0.2) is 29.2 Å². The molecule has 0 atom stereocenters. The minimum atomic E-state index is -0.441. The van der Waals surface area contributed by atoms with E-state index in [1.807, 2.05) is 45.9 Å². The Morgan fingerprint density at radius 1 is 1.17 bits per heavy atom. The third-order valence-electron chi connectivity index (χ3n) is 4.03. The third kappa shape index (κ3) is 2.66. The normalized spacial score (nSPS) is 11.0. The van der Waals surface area contributed by atoms with Crippen LogP contribution in [-0.4, -0.2) is 15.3 Å². The Balaban J connectivity index is 2.01. The van der Waals surface area contributed by atoms with Gasteiger partial charge in [0.05, 0.1) is 0 Å². The van der Waals surface area contributed by atoms with Gasteiger partial charge in [-0.25, -0.2) is 4.98 Å². The van der Waals surface area contributed by atoms with Gasteiger partial charge in [-0.15, -0.1) is 11.3 Å². The van der Waals surface area contributed by atoms with Gasteiger partial charge in [-0.2, -0.15) is 0 Å². The maximum Gasteiger partial charge on any atom is 0.271 e. The number of benzene rings is 1. The second kappa shape index (κ2) is 5.62. The SMILES string of the molecule is Cc1ccc(NC(=O)c2cnc3sc(C)c(C)n3c2=O)cc1C. The number of aryl methyl sites for hydroxylation is 4. The second-order valence-electron chi connectivity index (χ2n) is 5.59. The Bertz CT molecular complexity index is 985. The molecular formula is C17H17N3O2S. The van der Waals surface area contributed by atoms with Crippen molar-refractivity contribution >= 4 is 27.9 Å². The maximum atomic E-state index is 12.6. The van der Waals surface area contributed by atoms with E-state index in [2.05, 4.69) is 10.3 Å². The summed E-state index contributed by atoms with van der Waals surface area (Å²) in [5.41, 5.74) is 3.43. The summed E-state index contributed by atoms with van der Waals surface area (Å²) in [6.45, 7) is 7.77. The molecule has 0 aliphatic carbocycles. The first kappa shape index (κ1) is 15.4. The van der Waals surface area contributed by atoms with Gasteiger partial charge < -0.3 is 5.32 Å². The zero-order valence-electron chi connectivity index (χ0n) is 13.4. The molecule has 5 nitrogen and oxygen atoms in total. The average Bonchev–Trinajstić information content (AvgIpc) is 2.79. The summed E-state index contributed by atoms with van der Waals surface area (Å²) >= 11 is 1.44. The number of amides is 1.